The van der Waals surface area contributed by atoms with Crippen molar-refractivity contribution in [3.05, 3.63) is 48.7 Å². The first-order chi connectivity index (χ1) is 13.3. The Hall–Kier alpha value is -2.48. The Kier molecular flexibility index (Phi) is 4.49. The standard InChI is InChI=1S/C20H21N5OS/c1-2-4-16-13-17(6-5-15(16)3-1)18-14-25-20(22-18)27-19(23-25)21-7-8-24-9-11-26-12-10-24/h1-6,13-14H,7-12H2,(H,21,23). The van der Waals surface area contributed by atoms with Crippen LogP contribution in [0.5, 0.6) is 0 Å². The highest BCUT2D eigenvalue weighted by molar-refractivity contribution is 7.20. The van der Waals surface area contributed by atoms with Crippen molar-refractivity contribution in [1.82, 2.24) is 19.5 Å². The molecule has 6 nitrogen and oxygen atoms in total. The lowest BCUT2D eigenvalue weighted by atomic mass is 10.1. The van der Waals surface area contributed by atoms with Crippen LogP contribution < -0.4 is 5.32 Å². The molecule has 138 valence electrons. The van der Waals surface area contributed by atoms with E-state index in [0.29, 0.717) is 0 Å². The van der Waals surface area contributed by atoms with Gasteiger partial charge in [0.25, 0.3) is 0 Å². The largest absolute Gasteiger partial charge is 0.379 e. The zero-order chi connectivity index (χ0) is 18.1. The Morgan fingerprint density at radius 3 is 2.78 bits per heavy atom. The van der Waals surface area contributed by atoms with Crippen LogP contribution in [0.2, 0.25) is 0 Å². The molecule has 0 atom stereocenters. The van der Waals surface area contributed by atoms with Gasteiger partial charge in [-0.2, -0.15) is 0 Å². The van der Waals surface area contributed by atoms with E-state index in [2.05, 4.69) is 57.8 Å². The average molecular weight is 379 g/mol. The minimum absolute atomic E-state index is 0.836. The SMILES string of the molecule is c1ccc2cc(-c3cn4nc(NCCN5CCOCC5)sc4n3)ccc2c1. The van der Waals surface area contributed by atoms with E-state index >= 15 is 0 Å². The van der Waals surface area contributed by atoms with Crippen molar-refractivity contribution in [2.75, 3.05) is 44.7 Å². The lowest BCUT2D eigenvalue weighted by Crippen LogP contribution is -2.39. The quantitative estimate of drug-likeness (QED) is 0.576. The molecule has 0 aliphatic carbocycles. The molecule has 3 heterocycles. The monoisotopic (exact) mass is 379 g/mol. The van der Waals surface area contributed by atoms with Crippen molar-refractivity contribution in [2.24, 2.45) is 0 Å². The third kappa shape index (κ3) is 3.53. The molecule has 7 heteroatoms. The van der Waals surface area contributed by atoms with Gasteiger partial charge in [-0.3, -0.25) is 4.90 Å². The van der Waals surface area contributed by atoms with Gasteiger partial charge in [0.15, 0.2) is 0 Å². The third-order valence-electron chi connectivity index (χ3n) is 4.90. The maximum absolute atomic E-state index is 5.38. The molecule has 4 aromatic rings. The van der Waals surface area contributed by atoms with E-state index in [1.165, 1.54) is 10.8 Å². The predicted molar refractivity (Wildman–Crippen MR) is 110 cm³/mol. The smallest absolute Gasteiger partial charge is 0.214 e. The second-order valence-electron chi connectivity index (χ2n) is 6.70. The molecule has 5 rings (SSSR count). The van der Waals surface area contributed by atoms with Crippen molar-refractivity contribution >= 4 is 32.2 Å². The molecule has 0 spiro atoms. The van der Waals surface area contributed by atoms with Crippen LogP contribution in [0.1, 0.15) is 0 Å². The van der Waals surface area contributed by atoms with Crippen LogP contribution in [-0.2, 0) is 4.74 Å². The highest BCUT2D eigenvalue weighted by atomic mass is 32.1. The fourth-order valence-electron chi connectivity index (χ4n) is 3.41. The summed E-state index contributed by atoms with van der Waals surface area (Å²) in [5, 5.41) is 11.4. The minimum Gasteiger partial charge on any atom is -0.379 e. The number of hydrogen-bond donors (Lipinski definition) is 1. The average Bonchev–Trinajstić information content (AvgIpc) is 3.27. The number of hydrogen-bond acceptors (Lipinski definition) is 6. The van der Waals surface area contributed by atoms with Crippen LogP contribution in [0.25, 0.3) is 27.0 Å². The first kappa shape index (κ1) is 16.7. The molecular formula is C20H21N5OS. The van der Waals surface area contributed by atoms with Crippen molar-refractivity contribution in [1.29, 1.82) is 0 Å². The molecule has 1 fully saturated rings. The Labute approximate surface area is 161 Å². The van der Waals surface area contributed by atoms with Gasteiger partial charge in [0.1, 0.15) is 0 Å². The van der Waals surface area contributed by atoms with Gasteiger partial charge >= 0.3 is 0 Å². The Morgan fingerprint density at radius 1 is 1.07 bits per heavy atom. The van der Waals surface area contributed by atoms with Crippen LogP contribution in [-0.4, -0.2) is 58.9 Å². The zero-order valence-corrected chi connectivity index (χ0v) is 15.8. The van der Waals surface area contributed by atoms with E-state index in [9.17, 15) is 0 Å². The molecular weight excluding hydrogens is 358 g/mol. The number of nitrogens with one attached hydrogen (secondary N) is 1. The van der Waals surface area contributed by atoms with E-state index in [1.807, 2.05) is 10.7 Å². The van der Waals surface area contributed by atoms with Crippen molar-refractivity contribution in [2.45, 2.75) is 0 Å². The molecule has 1 aliphatic heterocycles. The predicted octanol–water partition coefficient (Wildman–Crippen LogP) is 3.36. The van der Waals surface area contributed by atoms with Gasteiger partial charge in [-0.15, -0.1) is 5.10 Å². The molecule has 27 heavy (non-hydrogen) atoms. The van der Waals surface area contributed by atoms with Crippen LogP contribution in [0.3, 0.4) is 0 Å². The second kappa shape index (κ2) is 7.26. The fourth-order valence-corrected chi connectivity index (χ4v) is 4.21. The summed E-state index contributed by atoms with van der Waals surface area (Å²) >= 11 is 1.59. The molecule has 0 unspecified atom stereocenters. The van der Waals surface area contributed by atoms with E-state index in [4.69, 9.17) is 9.72 Å². The molecule has 1 N–H and O–H groups in total. The highest BCUT2D eigenvalue weighted by Crippen LogP contribution is 2.27. The Bertz CT molecular complexity index is 1040. The first-order valence-corrected chi connectivity index (χ1v) is 10.1. The second-order valence-corrected chi connectivity index (χ2v) is 7.66. The summed E-state index contributed by atoms with van der Waals surface area (Å²) in [6, 6.07) is 14.8. The molecule has 2 aromatic heterocycles. The van der Waals surface area contributed by atoms with E-state index in [-0.39, 0.29) is 0 Å². The summed E-state index contributed by atoms with van der Waals surface area (Å²) in [6.07, 6.45) is 2.00. The molecule has 1 saturated heterocycles. The lowest BCUT2D eigenvalue weighted by molar-refractivity contribution is 0.0398. The van der Waals surface area contributed by atoms with Gasteiger partial charge in [0, 0.05) is 31.7 Å². The normalized spacial score (nSPS) is 15.6. The van der Waals surface area contributed by atoms with Gasteiger partial charge in [0.2, 0.25) is 10.1 Å². The van der Waals surface area contributed by atoms with E-state index < -0.39 is 0 Å². The summed E-state index contributed by atoms with van der Waals surface area (Å²) in [5.41, 5.74) is 2.08. The van der Waals surface area contributed by atoms with Crippen LogP contribution in [0.15, 0.2) is 48.7 Å². The van der Waals surface area contributed by atoms with E-state index in [0.717, 1.165) is 60.7 Å². The number of benzene rings is 2. The molecule has 0 radical (unpaired) electrons. The van der Waals surface area contributed by atoms with Gasteiger partial charge in [-0.05, 0) is 16.8 Å². The fraction of sp³-hybridized carbons (Fsp3) is 0.300. The molecule has 0 bridgehead atoms. The van der Waals surface area contributed by atoms with E-state index in [1.54, 1.807) is 11.3 Å². The summed E-state index contributed by atoms with van der Waals surface area (Å²) in [7, 11) is 0. The molecule has 2 aromatic carbocycles. The minimum atomic E-state index is 0.836. The third-order valence-corrected chi connectivity index (χ3v) is 5.78. The number of aromatic nitrogens is 3. The number of nitrogens with zero attached hydrogens (tertiary/aromatic N) is 4. The van der Waals surface area contributed by atoms with Crippen LogP contribution in [0.4, 0.5) is 5.13 Å². The Morgan fingerprint density at radius 2 is 1.93 bits per heavy atom. The molecule has 0 saturated carbocycles. The summed E-state index contributed by atoms with van der Waals surface area (Å²) in [5.74, 6) is 0. The summed E-state index contributed by atoms with van der Waals surface area (Å²) < 4.78 is 7.25. The van der Waals surface area contributed by atoms with Gasteiger partial charge < -0.3 is 10.1 Å². The maximum atomic E-state index is 5.38. The first-order valence-electron chi connectivity index (χ1n) is 9.24. The topological polar surface area (TPSA) is 54.7 Å². The zero-order valence-electron chi connectivity index (χ0n) is 15.0. The van der Waals surface area contributed by atoms with Gasteiger partial charge in [-0.1, -0.05) is 47.7 Å². The van der Waals surface area contributed by atoms with Crippen LogP contribution >= 0.6 is 11.3 Å². The number of imidazole rings is 1. The Balaban J connectivity index is 1.29. The van der Waals surface area contributed by atoms with Crippen LogP contribution in [0, 0.1) is 0 Å². The lowest BCUT2D eigenvalue weighted by Gasteiger charge is -2.26. The molecule has 0 amide bonds. The number of morpholine rings is 1. The van der Waals surface area contributed by atoms with Crippen molar-refractivity contribution < 1.29 is 4.74 Å². The number of anilines is 1. The van der Waals surface area contributed by atoms with Crippen molar-refractivity contribution in [3.63, 3.8) is 0 Å². The highest BCUT2D eigenvalue weighted by Gasteiger charge is 2.12. The van der Waals surface area contributed by atoms with Gasteiger partial charge in [0.05, 0.1) is 25.1 Å². The number of rotatable bonds is 5. The maximum Gasteiger partial charge on any atom is 0.214 e. The van der Waals surface area contributed by atoms with Gasteiger partial charge in [-0.25, -0.2) is 9.50 Å². The van der Waals surface area contributed by atoms with Crippen molar-refractivity contribution in [3.8, 4) is 11.3 Å². The molecule has 1 aliphatic rings. The number of ether oxygens (including phenoxy) is 1. The summed E-state index contributed by atoms with van der Waals surface area (Å²) in [6.45, 7) is 5.59. The number of fused-ring (bicyclic) bond motifs is 2. The summed E-state index contributed by atoms with van der Waals surface area (Å²) in [4.78, 5) is 8.08.